The van der Waals surface area contributed by atoms with Crippen molar-refractivity contribution in [2.45, 2.75) is 13.3 Å². The van der Waals surface area contributed by atoms with Gasteiger partial charge in [0.2, 0.25) is 5.89 Å². The van der Waals surface area contributed by atoms with Crippen molar-refractivity contribution >= 4 is 21.9 Å². The SMILES string of the molecule is CCc1ccc(-c2nc3c(ccc4ccccc43)o2)cc1. The molecule has 1 heterocycles. The van der Waals surface area contributed by atoms with Crippen LogP contribution >= 0.6 is 0 Å². The number of rotatable bonds is 2. The summed E-state index contributed by atoms with van der Waals surface area (Å²) in [5.74, 6) is 0.684. The Morgan fingerprint density at radius 1 is 0.905 bits per heavy atom. The maximum atomic E-state index is 5.92. The zero-order chi connectivity index (χ0) is 14.2. The summed E-state index contributed by atoms with van der Waals surface area (Å²) in [6, 6.07) is 20.7. The molecule has 21 heavy (non-hydrogen) atoms. The Hall–Kier alpha value is -2.61. The molecule has 0 aliphatic rings. The quantitative estimate of drug-likeness (QED) is 0.501. The van der Waals surface area contributed by atoms with Crippen molar-refractivity contribution in [3.8, 4) is 11.5 Å². The van der Waals surface area contributed by atoms with Crippen molar-refractivity contribution in [3.05, 3.63) is 66.2 Å². The fraction of sp³-hybridized carbons (Fsp3) is 0.105. The van der Waals surface area contributed by atoms with E-state index in [0.29, 0.717) is 5.89 Å². The zero-order valence-corrected chi connectivity index (χ0v) is 11.8. The minimum atomic E-state index is 0.684. The third-order valence-electron chi connectivity index (χ3n) is 3.89. The molecule has 4 aromatic rings. The van der Waals surface area contributed by atoms with E-state index in [2.05, 4.69) is 49.4 Å². The molecule has 0 atom stereocenters. The third kappa shape index (κ3) is 2.00. The van der Waals surface area contributed by atoms with Crippen molar-refractivity contribution in [1.29, 1.82) is 0 Å². The van der Waals surface area contributed by atoms with Crippen LogP contribution < -0.4 is 0 Å². The van der Waals surface area contributed by atoms with Crippen molar-refractivity contribution in [1.82, 2.24) is 4.98 Å². The summed E-state index contributed by atoms with van der Waals surface area (Å²) in [7, 11) is 0. The molecule has 1 aromatic heterocycles. The number of oxazole rings is 1. The number of hydrogen-bond donors (Lipinski definition) is 0. The van der Waals surface area contributed by atoms with Crippen LogP contribution in [-0.4, -0.2) is 4.98 Å². The Bertz CT molecular complexity index is 919. The van der Waals surface area contributed by atoms with Crippen LogP contribution in [0.2, 0.25) is 0 Å². The fourth-order valence-corrected chi connectivity index (χ4v) is 2.67. The Balaban J connectivity index is 1.91. The van der Waals surface area contributed by atoms with Crippen LogP contribution in [0, 0.1) is 0 Å². The molecule has 0 aliphatic carbocycles. The Labute approximate surface area is 123 Å². The second kappa shape index (κ2) is 4.74. The average molecular weight is 273 g/mol. The van der Waals surface area contributed by atoms with E-state index in [1.807, 2.05) is 18.2 Å². The van der Waals surface area contributed by atoms with Crippen LogP contribution in [0.5, 0.6) is 0 Å². The molecule has 0 spiro atoms. The van der Waals surface area contributed by atoms with E-state index in [1.165, 1.54) is 10.9 Å². The summed E-state index contributed by atoms with van der Waals surface area (Å²) in [5, 5.41) is 2.32. The van der Waals surface area contributed by atoms with Crippen LogP contribution in [0.1, 0.15) is 12.5 Å². The van der Waals surface area contributed by atoms with Gasteiger partial charge in [0.15, 0.2) is 5.58 Å². The predicted octanol–water partition coefficient (Wildman–Crippen LogP) is 5.21. The molecule has 0 saturated carbocycles. The molecule has 0 aliphatic heterocycles. The molecule has 0 radical (unpaired) electrons. The van der Waals surface area contributed by atoms with Gasteiger partial charge < -0.3 is 4.42 Å². The summed E-state index contributed by atoms with van der Waals surface area (Å²) < 4.78 is 5.92. The third-order valence-corrected chi connectivity index (χ3v) is 3.89. The number of nitrogens with zero attached hydrogens (tertiary/aromatic N) is 1. The molecule has 102 valence electrons. The first-order valence-corrected chi connectivity index (χ1v) is 7.23. The number of benzene rings is 3. The second-order valence-corrected chi connectivity index (χ2v) is 5.20. The lowest BCUT2D eigenvalue weighted by molar-refractivity contribution is 0.620. The van der Waals surface area contributed by atoms with E-state index < -0.39 is 0 Å². The summed E-state index contributed by atoms with van der Waals surface area (Å²) >= 11 is 0. The zero-order valence-electron chi connectivity index (χ0n) is 11.8. The number of hydrogen-bond acceptors (Lipinski definition) is 2. The molecule has 0 N–H and O–H groups in total. The van der Waals surface area contributed by atoms with Crippen molar-refractivity contribution in [2.24, 2.45) is 0 Å². The topological polar surface area (TPSA) is 26.0 Å². The fourth-order valence-electron chi connectivity index (χ4n) is 2.67. The van der Waals surface area contributed by atoms with E-state index in [1.54, 1.807) is 0 Å². The molecule has 3 aromatic carbocycles. The molecule has 0 amide bonds. The Morgan fingerprint density at radius 3 is 2.52 bits per heavy atom. The largest absolute Gasteiger partial charge is 0.436 e. The first-order valence-electron chi connectivity index (χ1n) is 7.23. The maximum Gasteiger partial charge on any atom is 0.227 e. The van der Waals surface area contributed by atoms with Crippen LogP contribution in [0.4, 0.5) is 0 Å². The average Bonchev–Trinajstić information content (AvgIpc) is 2.99. The van der Waals surface area contributed by atoms with Gasteiger partial charge in [-0.05, 0) is 35.6 Å². The van der Waals surface area contributed by atoms with Gasteiger partial charge in [-0.15, -0.1) is 0 Å². The number of aromatic nitrogens is 1. The highest BCUT2D eigenvalue weighted by molar-refractivity contribution is 6.03. The van der Waals surface area contributed by atoms with Crippen LogP contribution in [0.15, 0.2) is 65.1 Å². The molecular weight excluding hydrogens is 258 g/mol. The van der Waals surface area contributed by atoms with Crippen molar-refractivity contribution in [3.63, 3.8) is 0 Å². The molecule has 2 nitrogen and oxygen atoms in total. The molecule has 0 bridgehead atoms. The Kier molecular flexibility index (Phi) is 2.74. The van der Waals surface area contributed by atoms with E-state index in [4.69, 9.17) is 9.40 Å². The lowest BCUT2D eigenvalue weighted by Gasteiger charge is -1.97. The minimum absolute atomic E-state index is 0.684. The van der Waals surface area contributed by atoms with Gasteiger partial charge in [-0.1, -0.05) is 49.4 Å². The standard InChI is InChI=1S/C19H15NO/c1-2-13-7-9-15(10-8-13)19-20-18-16-6-4-3-5-14(16)11-12-17(18)21-19/h3-12H,2H2,1H3. The summed E-state index contributed by atoms with van der Waals surface area (Å²) in [6.07, 6.45) is 1.04. The second-order valence-electron chi connectivity index (χ2n) is 5.20. The maximum absolute atomic E-state index is 5.92. The van der Waals surface area contributed by atoms with E-state index >= 15 is 0 Å². The van der Waals surface area contributed by atoms with Gasteiger partial charge in [0.25, 0.3) is 0 Å². The Morgan fingerprint density at radius 2 is 1.71 bits per heavy atom. The monoisotopic (exact) mass is 273 g/mol. The normalized spacial score (nSPS) is 11.3. The van der Waals surface area contributed by atoms with Gasteiger partial charge in [0.05, 0.1) is 0 Å². The summed E-state index contributed by atoms with van der Waals surface area (Å²) in [6.45, 7) is 2.15. The summed E-state index contributed by atoms with van der Waals surface area (Å²) in [5.41, 5.74) is 4.11. The smallest absolute Gasteiger partial charge is 0.227 e. The molecule has 0 saturated heterocycles. The van der Waals surface area contributed by atoms with Crippen molar-refractivity contribution < 1.29 is 4.42 Å². The molecular formula is C19H15NO. The number of aryl methyl sites for hydroxylation is 1. The van der Waals surface area contributed by atoms with Gasteiger partial charge in [0, 0.05) is 10.9 Å². The first kappa shape index (κ1) is 12.2. The van der Waals surface area contributed by atoms with Crippen LogP contribution in [0.25, 0.3) is 33.3 Å². The number of fused-ring (bicyclic) bond motifs is 3. The first-order chi connectivity index (χ1) is 10.3. The van der Waals surface area contributed by atoms with E-state index in [9.17, 15) is 0 Å². The highest BCUT2D eigenvalue weighted by Crippen LogP contribution is 2.29. The lowest BCUT2D eigenvalue weighted by Crippen LogP contribution is -1.81. The highest BCUT2D eigenvalue weighted by Gasteiger charge is 2.10. The summed E-state index contributed by atoms with van der Waals surface area (Å²) in [4.78, 5) is 4.70. The van der Waals surface area contributed by atoms with E-state index in [0.717, 1.165) is 28.5 Å². The van der Waals surface area contributed by atoms with Gasteiger partial charge in [-0.3, -0.25) is 0 Å². The lowest BCUT2D eigenvalue weighted by atomic mass is 10.1. The molecule has 0 fully saturated rings. The minimum Gasteiger partial charge on any atom is -0.436 e. The molecule has 0 unspecified atom stereocenters. The molecule has 2 heteroatoms. The van der Waals surface area contributed by atoms with Crippen LogP contribution in [-0.2, 0) is 6.42 Å². The van der Waals surface area contributed by atoms with Crippen LogP contribution in [0.3, 0.4) is 0 Å². The van der Waals surface area contributed by atoms with Gasteiger partial charge in [-0.2, -0.15) is 0 Å². The highest BCUT2D eigenvalue weighted by atomic mass is 16.3. The van der Waals surface area contributed by atoms with Gasteiger partial charge >= 0.3 is 0 Å². The van der Waals surface area contributed by atoms with Gasteiger partial charge in [-0.25, -0.2) is 4.98 Å². The van der Waals surface area contributed by atoms with Gasteiger partial charge in [0.1, 0.15) is 5.52 Å². The van der Waals surface area contributed by atoms with Crippen molar-refractivity contribution in [2.75, 3.05) is 0 Å². The molecule has 4 rings (SSSR count). The predicted molar refractivity (Wildman–Crippen MR) is 86.3 cm³/mol. The van der Waals surface area contributed by atoms with E-state index in [-0.39, 0.29) is 0 Å².